The number of carbonyl (C=O) groups excluding carboxylic acids is 1. The SMILES string of the molecule is C=C/C=C(\C=C)CC(C)=O.CC. The van der Waals surface area contributed by atoms with Crippen LogP contribution in [0.4, 0.5) is 0 Å². The lowest BCUT2D eigenvalue weighted by atomic mass is 10.1. The number of hydrogen-bond donors (Lipinski definition) is 0. The van der Waals surface area contributed by atoms with Gasteiger partial charge in [-0.1, -0.05) is 45.2 Å². The molecule has 68 valence electrons. The van der Waals surface area contributed by atoms with E-state index in [0.29, 0.717) is 6.42 Å². The van der Waals surface area contributed by atoms with Gasteiger partial charge in [0.1, 0.15) is 5.78 Å². The van der Waals surface area contributed by atoms with Crippen molar-refractivity contribution in [2.75, 3.05) is 0 Å². The summed E-state index contributed by atoms with van der Waals surface area (Å²) in [6, 6.07) is 0. The maximum Gasteiger partial charge on any atom is 0.134 e. The molecule has 0 fully saturated rings. The molecule has 1 heteroatoms. The summed E-state index contributed by atoms with van der Waals surface area (Å²) >= 11 is 0. The molecule has 12 heavy (non-hydrogen) atoms. The first kappa shape index (κ1) is 13.5. The molecule has 0 radical (unpaired) electrons. The zero-order valence-electron chi connectivity index (χ0n) is 8.26. The van der Waals surface area contributed by atoms with E-state index < -0.39 is 0 Å². The van der Waals surface area contributed by atoms with Crippen molar-refractivity contribution in [3.8, 4) is 0 Å². The molecule has 0 aromatic heterocycles. The van der Waals surface area contributed by atoms with Gasteiger partial charge in [0.15, 0.2) is 0 Å². The lowest BCUT2D eigenvalue weighted by Gasteiger charge is -1.93. The van der Waals surface area contributed by atoms with Gasteiger partial charge in [0.2, 0.25) is 0 Å². The Morgan fingerprint density at radius 3 is 2.08 bits per heavy atom. The predicted octanol–water partition coefficient (Wildman–Crippen LogP) is 3.29. The Morgan fingerprint density at radius 1 is 1.33 bits per heavy atom. The van der Waals surface area contributed by atoms with Gasteiger partial charge in [-0.2, -0.15) is 0 Å². The van der Waals surface area contributed by atoms with E-state index in [1.807, 2.05) is 13.8 Å². The zero-order valence-corrected chi connectivity index (χ0v) is 8.26. The Labute approximate surface area is 75.5 Å². The highest BCUT2D eigenvalue weighted by molar-refractivity contribution is 5.78. The van der Waals surface area contributed by atoms with Crippen molar-refractivity contribution in [2.24, 2.45) is 0 Å². The Morgan fingerprint density at radius 2 is 1.83 bits per heavy atom. The van der Waals surface area contributed by atoms with Gasteiger partial charge in [-0.3, -0.25) is 4.79 Å². The average molecular weight is 166 g/mol. The summed E-state index contributed by atoms with van der Waals surface area (Å²) in [7, 11) is 0. The van der Waals surface area contributed by atoms with Crippen molar-refractivity contribution in [1.82, 2.24) is 0 Å². The molecule has 0 bridgehead atoms. The fourth-order valence-electron chi connectivity index (χ4n) is 0.638. The van der Waals surface area contributed by atoms with Gasteiger partial charge in [0, 0.05) is 6.42 Å². The molecule has 0 unspecified atom stereocenters. The summed E-state index contributed by atoms with van der Waals surface area (Å²) in [4.78, 5) is 10.6. The van der Waals surface area contributed by atoms with Gasteiger partial charge in [-0.15, -0.1) is 0 Å². The molecular weight excluding hydrogens is 148 g/mol. The van der Waals surface area contributed by atoms with Crippen LogP contribution in [0.2, 0.25) is 0 Å². The second-order valence-electron chi connectivity index (χ2n) is 2.06. The Kier molecular flexibility index (Phi) is 11.1. The highest BCUT2D eigenvalue weighted by atomic mass is 16.1. The quantitative estimate of drug-likeness (QED) is 0.586. The van der Waals surface area contributed by atoms with Crippen molar-refractivity contribution in [3.05, 3.63) is 37.0 Å². The van der Waals surface area contributed by atoms with Crippen LogP contribution >= 0.6 is 0 Å². The minimum absolute atomic E-state index is 0.146. The van der Waals surface area contributed by atoms with Gasteiger partial charge in [0.05, 0.1) is 0 Å². The summed E-state index contributed by atoms with van der Waals surface area (Å²) in [5.41, 5.74) is 0.919. The van der Waals surface area contributed by atoms with Crippen LogP contribution in [-0.4, -0.2) is 5.78 Å². The number of Topliss-reactive ketones (excluding diaryl/α,β-unsaturated/α-hetero) is 1. The third-order valence-corrected chi connectivity index (χ3v) is 1.05. The van der Waals surface area contributed by atoms with Crippen LogP contribution in [0.15, 0.2) is 37.0 Å². The van der Waals surface area contributed by atoms with Crippen LogP contribution in [-0.2, 0) is 4.79 Å². The number of allylic oxidation sites excluding steroid dienone is 4. The summed E-state index contributed by atoms with van der Waals surface area (Å²) in [6.45, 7) is 12.6. The van der Waals surface area contributed by atoms with Crippen molar-refractivity contribution in [3.63, 3.8) is 0 Å². The Bertz CT molecular complexity index is 175. The first-order chi connectivity index (χ1) is 5.70. The molecule has 0 aromatic carbocycles. The van der Waals surface area contributed by atoms with E-state index >= 15 is 0 Å². The molecule has 0 N–H and O–H groups in total. The van der Waals surface area contributed by atoms with Crippen LogP contribution in [0, 0.1) is 0 Å². The van der Waals surface area contributed by atoms with Crippen molar-refractivity contribution in [2.45, 2.75) is 27.2 Å². The highest BCUT2D eigenvalue weighted by Crippen LogP contribution is 2.02. The van der Waals surface area contributed by atoms with Crippen LogP contribution in [0.1, 0.15) is 27.2 Å². The Balaban J connectivity index is 0. The van der Waals surface area contributed by atoms with Gasteiger partial charge < -0.3 is 0 Å². The van der Waals surface area contributed by atoms with E-state index in [2.05, 4.69) is 13.2 Å². The number of ketones is 1. The van der Waals surface area contributed by atoms with Crippen LogP contribution in [0.3, 0.4) is 0 Å². The normalized spacial score (nSPS) is 9.42. The van der Waals surface area contributed by atoms with E-state index in [1.165, 1.54) is 0 Å². The summed E-state index contributed by atoms with van der Waals surface area (Å²) < 4.78 is 0. The molecule has 0 aliphatic heterocycles. The lowest BCUT2D eigenvalue weighted by molar-refractivity contribution is -0.116. The van der Waals surface area contributed by atoms with Crippen LogP contribution in [0.5, 0.6) is 0 Å². The van der Waals surface area contributed by atoms with Gasteiger partial charge in [-0.25, -0.2) is 0 Å². The third kappa shape index (κ3) is 8.89. The molecule has 0 saturated carbocycles. The maximum atomic E-state index is 10.6. The topological polar surface area (TPSA) is 17.1 Å². The minimum atomic E-state index is 0.146. The van der Waals surface area contributed by atoms with E-state index in [4.69, 9.17) is 0 Å². The molecule has 0 aliphatic rings. The van der Waals surface area contributed by atoms with E-state index in [9.17, 15) is 4.79 Å². The standard InChI is InChI=1S/C9H12O.C2H6/c1-4-6-9(5-2)7-8(3)10;1-2/h4-6H,1-2,7H2,3H3;1-2H3/b9-6+;. The summed E-state index contributed by atoms with van der Waals surface area (Å²) in [5, 5.41) is 0. The van der Waals surface area contributed by atoms with Gasteiger partial charge >= 0.3 is 0 Å². The molecule has 0 rings (SSSR count). The minimum Gasteiger partial charge on any atom is -0.300 e. The zero-order chi connectivity index (χ0) is 9.98. The van der Waals surface area contributed by atoms with Crippen molar-refractivity contribution in [1.29, 1.82) is 0 Å². The second-order valence-corrected chi connectivity index (χ2v) is 2.06. The molecule has 0 amide bonds. The van der Waals surface area contributed by atoms with Gasteiger partial charge in [0.25, 0.3) is 0 Å². The number of carbonyl (C=O) groups is 1. The van der Waals surface area contributed by atoms with E-state index in [-0.39, 0.29) is 5.78 Å². The fourth-order valence-corrected chi connectivity index (χ4v) is 0.638. The molecular formula is C11H18O. The third-order valence-electron chi connectivity index (χ3n) is 1.05. The predicted molar refractivity (Wildman–Crippen MR) is 55.1 cm³/mol. The van der Waals surface area contributed by atoms with E-state index in [1.54, 1.807) is 25.2 Å². The highest BCUT2D eigenvalue weighted by Gasteiger charge is 1.94. The molecule has 0 atom stereocenters. The lowest BCUT2D eigenvalue weighted by Crippen LogP contribution is -1.90. The molecule has 0 aromatic rings. The van der Waals surface area contributed by atoms with E-state index in [0.717, 1.165) is 5.57 Å². The molecule has 0 spiro atoms. The largest absolute Gasteiger partial charge is 0.300 e. The molecule has 0 aliphatic carbocycles. The summed E-state index contributed by atoms with van der Waals surface area (Å²) in [5.74, 6) is 0.146. The van der Waals surface area contributed by atoms with Crippen LogP contribution in [0.25, 0.3) is 0 Å². The van der Waals surface area contributed by atoms with Gasteiger partial charge in [-0.05, 0) is 12.5 Å². The molecule has 1 nitrogen and oxygen atoms in total. The molecule has 0 saturated heterocycles. The maximum absolute atomic E-state index is 10.6. The monoisotopic (exact) mass is 166 g/mol. The second kappa shape index (κ2) is 9.89. The smallest absolute Gasteiger partial charge is 0.134 e. The van der Waals surface area contributed by atoms with Crippen molar-refractivity contribution < 1.29 is 4.79 Å². The first-order valence-corrected chi connectivity index (χ1v) is 4.14. The number of rotatable bonds is 4. The van der Waals surface area contributed by atoms with Crippen LogP contribution < -0.4 is 0 Å². The summed E-state index contributed by atoms with van der Waals surface area (Å²) in [6.07, 6.45) is 5.56. The molecule has 0 heterocycles. The fraction of sp³-hybridized carbons (Fsp3) is 0.364. The first-order valence-electron chi connectivity index (χ1n) is 4.14. The average Bonchev–Trinajstić information content (AvgIpc) is 2.07. The number of hydrogen-bond acceptors (Lipinski definition) is 1. The Hall–Kier alpha value is -1.11. The van der Waals surface area contributed by atoms with Crippen molar-refractivity contribution >= 4 is 5.78 Å².